The van der Waals surface area contributed by atoms with Gasteiger partial charge in [0.15, 0.2) is 0 Å². The number of benzene rings is 3. The standard InChI is InChI=1S/C28H31N3O5S/c1-36-26-15-14-22(20-24(26)28(33)31-18-8-3-9-19-31)37(34,35)30-25-13-7-6-12-23(25)27(32)29-17-16-21-10-4-2-5-11-21/h2,4-7,10-15,20,30H,3,8-9,16-19H2,1H3,(H,29,32). The van der Waals surface area contributed by atoms with Gasteiger partial charge in [-0.05, 0) is 61.6 Å². The maximum Gasteiger partial charge on any atom is 0.261 e. The number of nitrogens with zero attached hydrogens (tertiary/aromatic N) is 1. The predicted molar refractivity (Wildman–Crippen MR) is 142 cm³/mol. The summed E-state index contributed by atoms with van der Waals surface area (Å²) in [7, 11) is -2.66. The Morgan fingerprint density at radius 1 is 0.892 bits per heavy atom. The summed E-state index contributed by atoms with van der Waals surface area (Å²) in [6.45, 7) is 1.67. The first-order valence-corrected chi connectivity index (χ1v) is 13.8. The Bertz CT molecular complexity index is 1350. The van der Waals surface area contributed by atoms with E-state index in [0.717, 1.165) is 24.8 Å². The molecule has 3 aromatic rings. The first-order chi connectivity index (χ1) is 17.9. The number of rotatable bonds is 9. The van der Waals surface area contributed by atoms with Crippen LogP contribution in [0.15, 0.2) is 77.7 Å². The van der Waals surface area contributed by atoms with E-state index >= 15 is 0 Å². The van der Waals surface area contributed by atoms with Gasteiger partial charge in [-0.1, -0.05) is 42.5 Å². The fraction of sp³-hybridized carbons (Fsp3) is 0.286. The van der Waals surface area contributed by atoms with E-state index in [1.54, 1.807) is 23.1 Å². The van der Waals surface area contributed by atoms with Crippen LogP contribution in [0.1, 0.15) is 45.5 Å². The highest BCUT2D eigenvalue weighted by Gasteiger charge is 2.25. The van der Waals surface area contributed by atoms with Crippen LogP contribution in [0.2, 0.25) is 0 Å². The van der Waals surface area contributed by atoms with Crippen molar-refractivity contribution in [2.45, 2.75) is 30.6 Å². The number of methoxy groups -OCH3 is 1. The molecule has 1 aliphatic heterocycles. The quantitative estimate of drug-likeness (QED) is 0.441. The van der Waals surface area contributed by atoms with E-state index < -0.39 is 10.0 Å². The second-order valence-corrected chi connectivity index (χ2v) is 10.5. The lowest BCUT2D eigenvalue weighted by molar-refractivity contribution is 0.0720. The number of anilines is 1. The summed E-state index contributed by atoms with van der Waals surface area (Å²) in [4.78, 5) is 27.6. The van der Waals surface area contributed by atoms with Crippen molar-refractivity contribution in [3.05, 3.63) is 89.5 Å². The van der Waals surface area contributed by atoms with Crippen molar-refractivity contribution in [3.63, 3.8) is 0 Å². The van der Waals surface area contributed by atoms with E-state index in [0.29, 0.717) is 31.8 Å². The number of likely N-dealkylation sites (tertiary alicyclic amines) is 1. The van der Waals surface area contributed by atoms with E-state index in [1.165, 1.54) is 31.4 Å². The molecule has 3 aromatic carbocycles. The highest BCUT2D eigenvalue weighted by Crippen LogP contribution is 2.27. The number of para-hydroxylation sites is 1. The van der Waals surface area contributed by atoms with Crippen molar-refractivity contribution in [1.82, 2.24) is 10.2 Å². The molecule has 0 aliphatic carbocycles. The van der Waals surface area contributed by atoms with Gasteiger partial charge in [-0.3, -0.25) is 14.3 Å². The number of carbonyl (C=O) groups excluding carboxylic acids is 2. The summed E-state index contributed by atoms with van der Waals surface area (Å²) >= 11 is 0. The molecule has 2 amide bonds. The van der Waals surface area contributed by atoms with Gasteiger partial charge in [0.25, 0.3) is 21.8 Å². The Labute approximate surface area is 217 Å². The summed E-state index contributed by atoms with van der Waals surface area (Å²) in [6, 6.07) is 20.4. The number of amides is 2. The molecule has 8 nitrogen and oxygen atoms in total. The van der Waals surface area contributed by atoms with Gasteiger partial charge >= 0.3 is 0 Å². The molecule has 0 aromatic heterocycles. The molecule has 0 atom stereocenters. The molecule has 1 fully saturated rings. The fourth-order valence-corrected chi connectivity index (χ4v) is 5.43. The largest absolute Gasteiger partial charge is 0.496 e. The van der Waals surface area contributed by atoms with E-state index in [2.05, 4.69) is 10.0 Å². The Balaban J connectivity index is 1.52. The van der Waals surface area contributed by atoms with Gasteiger partial charge in [-0.25, -0.2) is 8.42 Å². The van der Waals surface area contributed by atoms with E-state index in [-0.39, 0.29) is 33.5 Å². The Hall–Kier alpha value is -3.85. The molecule has 0 unspecified atom stereocenters. The first kappa shape index (κ1) is 26.2. The molecule has 1 saturated heterocycles. The molecule has 1 heterocycles. The summed E-state index contributed by atoms with van der Waals surface area (Å²) in [5.74, 6) is -0.329. The van der Waals surface area contributed by atoms with Crippen LogP contribution in [0.25, 0.3) is 0 Å². The Morgan fingerprint density at radius 2 is 1.59 bits per heavy atom. The summed E-state index contributed by atoms with van der Waals surface area (Å²) in [5, 5.41) is 2.85. The van der Waals surface area contributed by atoms with Crippen molar-refractivity contribution in [3.8, 4) is 5.75 Å². The number of hydrogen-bond donors (Lipinski definition) is 2. The number of sulfonamides is 1. The van der Waals surface area contributed by atoms with E-state index in [9.17, 15) is 18.0 Å². The molecule has 0 spiro atoms. The zero-order chi connectivity index (χ0) is 26.3. The van der Waals surface area contributed by atoms with Crippen LogP contribution in [-0.2, 0) is 16.4 Å². The molecule has 4 rings (SSSR count). The molecule has 1 aliphatic rings. The summed E-state index contributed by atoms with van der Waals surface area (Å²) < 4.78 is 34.5. The Kier molecular flexibility index (Phi) is 8.45. The zero-order valence-electron chi connectivity index (χ0n) is 20.8. The van der Waals surface area contributed by atoms with Crippen LogP contribution in [0.3, 0.4) is 0 Å². The predicted octanol–water partition coefficient (Wildman–Crippen LogP) is 4.09. The lowest BCUT2D eigenvalue weighted by Crippen LogP contribution is -2.35. The highest BCUT2D eigenvalue weighted by atomic mass is 32.2. The minimum atomic E-state index is -4.10. The zero-order valence-corrected chi connectivity index (χ0v) is 21.6. The third-order valence-electron chi connectivity index (χ3n) is 6.31. The smallest absolute Gasteiger partial charge is 0.261 e. The van der Waals surface area contributed by atoms with Gasteiger partial charge in [0, 0.05) is 19.6 Å². The number of hydrogen-bond acceptors (Lipinski definition) is 5. The Morgan fingerprint density at radius 3 is 2.32 bits per heavy atom. The minimum absolute atomic E-state index is 0.0899. The fourth-order valence-electron chi connectivity index (χ4n) is 4.32. The molecule has 0 bridgehead atoms. The third kappa shape index (κ3) is 6.48. The van der Waals surface area contributed by atoms with Crippen molar-refractivity contribution in [2.24, 2.45) is 0 Å². The van der Waals surface area contributed by atoms with Crippen LogP contribution >= 0.6 is 0 Å². The average Bonchev–Trinajstić information content (AvgIpc) is 2.93. The molecule has 194 valence electrons. The van der Waals surface area contributed by atoms with Crippen molar-refractivity contribution < 1.29 is 22.7 Å². The lowest BCUT2D eigenvalue weighted by atomic mass is 10.1. The molecular weight excluding hydrogens is 490 g/mol. The van der Waals surface area contributed by atoms with E-state index in [1.807, 2.05) is 30.3 Å². The second kappa shape index (κ2) is 11.9. The average molecular weight is 522 g/mol. The number of ether oxygens (including phenoxy) is 1. The number of nitrogens with one attached hydrogen (secondary N) is 2. The minimum Gasteiger partial charge on any atom is -0.496 e. The van der Waals surface area contributed by atoms with Crippen molar-refractivity contribution >= 4 is 27.5 Å². The molecular formula is C28H31N3O5S. The monoisotopic (exact) mass is 521 g/mol. The van der Waals surface area contributed by atoms with Gasteiger partial charge in [0.05, 0.1) is 28.8 Å². The van der Waals surface area contributed by atoms with Crippen LogP contribution in [0.4, 0.5) is 5.69 Å². The highest BCUT2D eigenvalue weighted by molar-refractivity contribution is 7.92. The number of piperidine rings is 1. The number of carbonyl (C=O) groups is 2. The molecule has 9 heteroatoms. The van der Waals surface area contributed by atoms with E-state index in [4.69, 9.17) is 4.74 Å². The maximum atomic E-state index is 13.3. The molecule has 2 N–H and O–H groups in total. The topological polar surface area (TPSA) is 105 Å². The lowest BCUT2D eigenvalue weighted by Gasteiger charge is -2.27. The summed E-state index contributed by atoms with van der Waals surface area (Å²) in [5.41, 5.74) is 1.64. The van der Waals surface area contributed by atoms with Gasteiger partial charge in [0.1, 0.15) is 5.75 Å². The van der Waals surface area contributed by atoms with Crippen LogP contribution in [0, 0.1) is 0 Å². The van der Waals surface area contributed by atoms with Gasteiger partial charge in [-0.2, -0.15) is 0 Å². The molecule has 0 saturated carbocycles. The normalized spacial score (nSPS) is 13.6. The SMILES string of the molecule is COc1ccc(S(=O)(=O)Nc2ccccc2C(=O)NCCc2ccccc2)cc1C(=O)N1CCCCC1. The van der Waals surface area contributed by atoms with Gasteiger partial charge < -0.3 is 15.0 Å². The van der Waals surface area contributed by atoms with Crippen molar-refractivity contribution in [2.75, 3.05) is 31.5 Å². The third-order valence-corrected chi connectivity index (χ3v) is 7.68. The maximum absolute atomic E-state index is 13.3. The van der Waals surface area contributed by atoms with Gasteiger partial charge in [-0.15, -0.1) is 0 Å². The summed E-state index contributed by atoms with van der Waals surface area (Å²) in [6.07, 6.45) is 3.55. The van der Waals surface area contributed by atoms with Crippen LogP contribution < -0.4 is 14.8 Å². The molecule has 37 heavy (non-hydrogen) atoms. The second-order valence-electron chi connectivity index (χ2n) is 8.86. The van der Waals surface area contributed by atoms with Crippen molar-refractivity contribution in [1.29, 1.82) is 0 Å². The van der Waals surface area contributed by atoms with Crippen LogP contribution in [0.5, 0.6) is 5.75 Å². The first-order valence-electron chi connectivity index (χ1n) is 12.3. The van der Waals surface area contributed by atoms with Gasteiger partial charge in [0.2, 0.25) is 0 Å². The molecule has 0 radical (unpaired) electrons. The van der Waals surface area contributed by atoms with Crippen LogP contribution in [-0.4, -0.2) is 51.9 Å².